The fourth-order valence-corrected chi connectivity index (χ4v) is 3.01. The lowest BCUT2D eigenvalue weighted by Gasteiger charge is -2.12. The quantitative estimate of drug-likeness (QED) is 0.553. The number of carboxylic acid groups (broad SMARTS) is 1. The van der Waals surface area contributed by atoms with E-state index in [0.29, 0.717) is 13.2 Å². The third kappa shape index (κ3) is 4.39. The number of aliphatic carboxylic acids is 1. The van der Waals surface area contributed by atoms with Crippen LogP contribution in [-0.2, 0) is 4.79 Å². The molecular formula is C22H25NO5. The normalized spacial score (nSPS) is 12.0. The number of benzene rings is 2. The molecule has 0 saturated carbocycles. The Kier molecular flexibility index (Phi) is 6.09. The van der Waals surface area contributed by atoms with Crippen LogP contribution in [0.2, 0.25) is 0 Å². The zero-order valence-corrected chi connectivity index (χ0v) is 16.3. The third-order valence-electron chi connectivity index (χ3n) is 4.60. The number of aromatic nitrogens is 1. The van der Waals surface area contributed by atoms with Gasteiger partial charge in [-0.2, -0.15) is 0 Å². The van der Waals surface area contributed by atoms with Crippen LogP contribution in [0, 0.1) is 6.92 Å². The van der Waals surface area contributed by atoms with Gasteiger partial charge in [-0.3, -0.25) is 0 Å². The van der Waals surface area contributed by atoms with E-state index in [-0.39, 0.29) is 0 Å². The zero-order valence-electron chi connectivity index (χ0n) is 16.3. The van der Waals surface area contributed by atoms with E-state index in [2.05, 4.69) is 0 Å². The van der Waals surface area contributed by atoms with Crippen LogP contribution in [0.5, 0.6) is 17.2 Å². The second kappa shape index (κ2) is 8.69. The summed E-state index contributed by atoms with van der Waals surface area (Å²) in [5.74, 6) is 1.35. The minimum Gasteiger partial charge on any atom is -0.493 e. The van der Waals surface area contributed by atoms with Gasteiger partial charge in [0.15, 0.2) is 11.5 Å². The molecule has 0 fully saturated rings. The van der Waals surface area contributed by atoms with Crippen molar-refractivity contribution in [2.75, 3.05) is 20.3 Å². The van der Waals surface area contributed by atoms with Crippen molar-refractivity contribution in [3.05, 3.63) is 54.2 Å². The van der Waals surface area contributed by atoms with E-state index in [4.69, 9.17) is 14.2 Å². The summed E-state index contributed by atoms with van der Waals surface area (Å²) in [4.78, 5) is 11.2. The van der Waals surface area contributed by atoms with Gasteiger partial charge in [-0.15, -0.1) is 0 Å². The molecule has 0 spiro atoms. The summed E-state index contributed by atoms with van der Waals surface area (Å²) in [5.41, 5.74) is 1.99. The Morgan fingerprint density at radius 2 is 1.86 bits per heavy atom. The maximum atomic E-state index is 11.2. The zero-order chi connectivity index (χ0) is 20.1. The Labute approximate surface area is 164 Å². The molecule has 3 rings (SSSR count). The molecule has 1 heterocycles. The average molecular weight is 383 g/mol. The van der Waals surface area contributed by atoms with Gasteiger partial charge in [0.25, 0.3) is 0 Å². The van der Waals surface area contributed by atoms with E-state index in [9.17, 15) is 9.90 Å². The highest BCUT2D eigenvalue weighted by Gasteiger charge is 2.15. The molecule has 0 saturated heterocycles. The molecule has 3 aromatic rings. The van der Waals surface area contributed by atoms with Gasteiger partial charge >= 0.3 is 5.97 Å². The van der Waals surface area contributed by atoms with Gasteiger partial charge in [-0.05, 0) is 55.8 Å². The molecule has 0 aliphatic carbocycles. The molecule has 0 aliphatic rings. The van der Waals surface area contributed by atoms with Gasteiger partial charge in [0.2, 0.25) is 0 Å². The summed E-state index contributed by atoms with van der Waals surface area (Å²) in [6, 6.07) is 12.8. The highest BCUT2D eigenvalue weighted by atomic mass is 16.5. The SMILES string of the molecule is COc1cc(C)ccc1OCCCOc1ccc2c(ccn2C(C)C(=O)O)c1. The van der Waals surface area contributed by atoms with E-state index < -0.39 is 12.0 Å². The maximum Gasteiger partial charge on any atom is 0.326 e. The molecule has 0 bridgehead atoms. The summed E-state index contributed by atoms with van der Waals surface area (Å²) < 4.78 is 18.7. The number of carboxylic acids is 1. The summed E-state index contributed by atoms with van der Waals surface area (Å²) in [6.07, 6.45) is 2.52. The fourth-order valence-electron chi connectivity index (χ4n) is 3.01. The van der Waals surface area contributed by atoms with Crippen LogP contribution < -0.4 is 14.2 Å². The highest BCUT2D eigenvalue weighted by molar-refractivity contribution is 5.84. The van der Waals surface area contributed by atoms with E-state index in [1.54, 1.807) is 24.8 Å². The molecule has 2 aromatic carbocycles. The number of rotatable bonds is 9. The van der Waals surface area contributed by atoms with Crippen LogP contribution in [0.4, 0.5) is 0 Å². The first kappa shape index (κ1) is 19.6. The number of carbonyl (C=O) groups is 1. The molecule has 1 N–H and O–H groups in total. The molecule has 0 amide bonds. The van der Waals surface area contributed by atoms with E-state index in [1.807, 2.05) is 49.4 Å². The Morgan fingerprint density at radius 1 is 1.07 bits per heavy atom. The largest absolute Gasteiger partial charge is 0.493 e. The molecule has 1 atom stereocenters. The maximum absolute atomic E-state index is 11.2. The van der Waals surface area contributed by atoms with Crippen LogP contribution in [0.25, 0.3) is 10.9 Å². The van der Waals surface area contributed by atoms with E-state index in [1.165, 1.54) is 0 Å². The molecule has 0 radical (unpaired) electrons. The average Bonchev–Trinajstić information content (AvgIpc) is 3.11. The predicted octanol–water partition coefficient (Wildman–Crippen LogP) is 4.45. The minimum atomic E-state index is -0.858. The predicted molar refractivity (Wildman–Crippen MR) is 108 cm³/mol. The van der Waals surface area contributed by atoms with Crippen molar-refractivity contribution in [2.45, 2.75) is 26.3 Å². The second-order valence-corrected chi connectivity index (χ2v) is 6.66. The van der Waals surface area contributed by atoms with Gasteiger partial charge in [0.1, 0.15) is 11.8 Å². The number of hydrogen-bond donors (Lipinski definition) is 1. The number of hydrogen-bond acceptors (Lipinski definition) is 4. The monoisotopic (exact) mass is 383 g/mol. The number of nitrogens with zero attached hydrogens (tertiary/aromatic N) is 1. The van der Waals surface area contributed by atoms with Gasteiger partial charge in [0, 0.05) is 23.5 Å². The first-order chi connectivity index (χ1) is 13.5. The molecular weight excluding hydrogens is 358 g/mol. The molecule has 148 valence electrons. The Balaban J connectivity index is 1.53. The van der Waals surface area contributed by atoms with Crippen molar-refractivity contribution >= 4 is 16.9 Å². The molecule has 1 aromatic heterocycles. The van der Waals surface area contributed by atoms with Crippen LogP contribution >= 0.6 is 0 Å². The lowest BCUT2D eigenvalue weighted by Crippen LogP contribution is -2.14. The molecule has 28 heavy (non-hydrogen) atoms. The van der Waals surface area contributed by atoms with Crippen LogP contribution in [0.15, 0.2) is 48.7 Å². The number of ether oxygens (including phenoxy) is 3. The van der Waals surface area contributed by atoms with Gasteiger partial charge < -0.3 is 23.9 Å². The third-order valence-corrected chi connectivity index (χ3v) is 4.60. The summed E-state index contributed by atoms with van der Waals surface area (Å²) in [7, 11) is 1.63. The standard InChI is InChI=1S/C22H25NO5/c1-15-5-8-20(21(13-15)26-3)28-12-4-11-27-18-6-7-19-17(14-18)9-10-23(19)16(2)22(24)25/h5-10,13-14,16H,4,11-12H2,1-3H3,(H,24,25). The van der Waals surface area contributed by atoms with Crippen molar-refractivity contribution < 1.29 is 24.1 Å². The molecule has 1 unspecified atom stereocenters. The Hall–Kier alpha value is -3.15. The van der Waals surface area contributed by atoms with Gasteiger partial charge in [-0.1, -0.05) is 6.07 Å². The number of methoxy groups -OCH3 is 1. The van der Waals surface area contributed by atoms with Crippen LogP contribution in [-0.4, -0.2) is 36.0 Å². The lowest BCUT2D eigenvalue weighted by atomic mass is 10.2. The lowest BCUT2D eigenvalue weighted by molar-refractivity contribution is -0.140. The topological polar surface area (TPSA) is 69.9 Å². The molecule has 0 aliphatic heterocycles. The summed E-state index contributed by atoms with van der Waals surface area (Å²) >= 11 is 0. The van der Waals surface area contributed by atoms with Crippen molar-refractivity contribution in [1.82, 2.24) is 4.57 Å². The molecule has 6 nitrogen and oxygen atoms in total. The minimum absolute atomic E-state index is 0.520. The highest BCUT2D eigenvalue weighted by Crippen LogP contribution is 2.28. The van der Waals surface area contributed by atoms with Crippen molar-refractivity contribution in [3.8, 4) is 17.2 Å². The molecule has 6 heteroatoms. The Morgan fingerprint density at radius 3 is 2.61 bits per heavy atom. The van der Waals surface area contributed by atoms with E-state index in [0.717, 1.165) is 40.1 Å². The van der Waals surface area contributed by atoms with Gasteiger partial charge in [-0.25, -0.2) is 4.79 Å². The Bertz CT molecular complexity index is 963. The second-order valence-electron chi connectivity index (χ2n) is 6.66. The van der Waals surface area contributed by atoms with Crippen molar-refractivity contribution in [2.24, 2.45) is 0 Å². The van der Waals surface area contributed by atoms with E-state index >= 15 is 0 Å². The first-order valence-corrected chi connectivity index (χ1v) is 9.23. The van der Waals surface area contributed by atoms with Crippen molar-refractivity contribution in [1.29, 1.82) is 0 Å². The van der Waals surface area contributed by atoms with Crippen molar-refractivity contribution in [3.63, 3.8) is 0 Å². The smallest absolute Gasteiger partial charge is 0.326 e. The number of fused-ring (bicyclic) bond motifs is 1. The summed E-state index contributed by atoms with van der Waals surface area (Å²) in [5, 5.41) is 10.1. The van der Waals surface area contributed by atoms with Gasteiger partial charge in [0.05, 0.1) is 20.3 Å². The van der Waals surface area contributed by atoms with Crippen LogP contribution in [0.3, 0.4) is 0 Å². The van der Waals surface area contributed by atoms with Crippen LogP contribution in [0.1, 0.15) is 24.9 Å². The summed E-state index contributed by atoms with van der Waals surface area (Å²) in [6.45, 7) is 4.71. The first-order valence-electron chi connectivity index (χ1n) is 9.23. The fraction of sp³-hybridized carbons (Fsp3) is 0.318. The number of aryl methyl sites for hydroxylation is 1.